The summed E-state index contributed by atoms with van der Waals surface area (Å²) < 4.78 is 18.9. The Morgan fingerprint density at radius 3 is 2.89 bits per heavy atom. The Balaban J connectivity index is 1.99. The van der Waals surface area contributed by atoms with Gasteiger partial charge in [-0.25, -0.2) is 4.39 Å². The van der Waals surface area contributed by atoms with Crippen LogP contribution < -0.4 is 10.1 Å². The standard InChI is InChI=1S/C15H22FNO/c1-3-18-15-8-7-13(10-14(15)16)17-12-6-4-5-11(2)9-12/h7-8,10-12,17H,3-6,9H2,1-2H3. The molecule has 1 aliphatic carbocycles. The normalized spacial score (nSPS) is 23.7. The summed E-state index contributed by atoms with van der Waals surface area (Å²) >= 11 is 0. The van der Waals surface area contributed by atoms with E-state index in [1.165, 1.54) is 31.7 Å². The number of halogens is 1. The number of anilines is 1. The van der Waals surface area contributed by atoms with Crippen LogP contribution >= 0.6 is 0 Å². The lowest BCUT2D eigenvalue weighted by Gasteiger charge is -2.28. The van der Waals surface area contributed by atoms with Crippen LogP contribution in [0.4, 0.5) is 10.1 Å². The molecule has 2 rings (SSSR count). The van der Waals surface area contributed by atoms with Crippen LogP contribution in [0.25, 0.3) is 0 Å². The summed E-state index contributed by atoms with van der Waals surface area (Å²) in [6, 6.07) is 5.61. The van der Waals surface area contributed by atoms with Gasteiger partial charge in [-0.15, -0.1) is 0 Å². The van der Waals surface area contributed by atoms with Crippen molar-refractivity contribution in [1.29, 1.82) is 0 Å². The van der Waals surface area contributed by atoms with E-state index in [4.69, 9.17) is 4.74 Å². The molecular formula is C15H22FNO. The molecule has 2 nitrogen and oxygen atoms in total. The van der Waals surface area contributed by atoms with Crippen molar-refractivity contribution < 1.29 is 9.13 Å². The third kappa shape index (κ3) is 3.37. The minimum Gasteiger partial charge on any atom is -0.491 e. The third-order valence-corrected chi connectivity index (χ3v) is 3.54. The number of benzene rings is 1. The molecule has 0 heterocycles. The average Bonchev–Trinajstić information content (AvgIpc) is 2.33. The van der Waals surface area contributed by atoms with Crippen molar-refractivity contribution in [3.05, 3.63) is 24.0 Å². The van der Waals surface area contributed by atoms with Crippen LogP contribution in [0, 0.1) is 11.7 Å². The largest absolute Gasteiger partial charge is 0.491 e. The lowest BCUT2D eigenvalue weighted by Crippen LogP contribution is -2.26. The van der Waals surface area contributed by atoms with Gasteiger partial charge in [-0.1, -0.05) is 19.8 Å². The van der Waals surface area contributed by atoms with Gasteiger partial charge in [0.2, 0.25) is 0 Å². The number of hydrogen-bond acceptors (Lipinski definition) is 2. The Hall–Kier alpha value is -1.25. The van der Waals surface area contributed by atoms with E-state index >= 15 is 0 Å². The van der Waals surface area contributed by atoms with Crippen LogP contribution in [-0.2, 0) is 0 Å². The van der Waals surface area contributed by atoms with Crippen molar-refractivity contribution >= 4 is 5.69 Å². The predicted octanol–water partition coefficient (Wildman–Crippen LogP) is 4.22. The molecule has 0 amide bonds. The van der Waals surface area contributed by atoms with Crippen molar-refractivity contribution in [3.63, 3.8) is 0 Å². The molecule has 0 aliphatic heterocycles. The summed E-state index contributed by atoms with van der Waals surface area (Å²) in [5, 5.41) is 3.43. The van der Waals surface area contributed by atoms with Gasteiger partial charge in [0, 0.05) is 17.8 Å². The summed E-state index contributed by atoms with van der Waals surface area (Å²) in [5.41, 5.74) is 0.857. The summed E-state index contributed by atoms with van der Waals surface area (Å²) in [4.78, 5) is 0. The molecule has 1 aromatic rings. The second-order valence-electron chi connectivity index (χ2n) is 5.19. The first-order chi connectivity index (χ1) is 8.69. The van der Waals surface area contributed by atoms with Gasteiger partial charge in [0.25, 0.3) is 0 Å². The first kappa shape index (κ1) is 13.2. The number of nitrogens with one attached hydrogen (secondary N) is 1. The van der Waals surface area contributed by atoms with Gasteiger partial charge in [-0.05, 0) is 37.8 Å². The molecule has 2 unspecified atom stereocenters. The van der Waals surface area contributed by atoms with Crippen molar-refractivity contribution in [3.8, 4) is 5.75 Å². The maximum atomic E-state index is 13.7. The van der Waals surface area contributed by atoms with E-state index in [1.807, 2.05) is 13.0 Å². The first-order valence-electron chi connectivity index (χ1n) is 6.88. The topological polar surface area (TPSA) is 21.3 Å². The minimum absolute atomic E-state index is 0.286. The Bertz CT molecular complexity index is 394. The fourth-order valence-corrected chi connectivity index (χ4v) is 2.66. The van der Waals surface area contributed by atoms with E-state index in [0.29, 0.717) is 18.4 Å². The molecule has 0 radical (unpaired) electrons. The molecule has 0 spiro atoms. The SMILES string of the molecule is CCOc1ccc(NC2CCCC(C)C2)cc1F. The molecule has 1 aromatic carbocycles. The number of hydrogen-bond donors (Lipinski definition) is 1. The lowest BCUT2D eigenvalue weighted by atomic mass is 9.87. The zero-order valence-corrected chi connectivity index (χ0v) is 11.2. The lowest BCUT2D eigenvalue weighted by molar-refractivity contribution is 0.321. The van der Waals surface area contributed by atoms with Crippen LogP contribution in [0.15, 0.2) is 18.2 Å². The van der Waals surface area contributed by atoms with Crippen LogP contribution in [0.3, 0.4) is 0 Å². The summed E-state index contributed by atoms with van der Waals surface area (Å²) in [6.07, 6.45) is 4.93. The van der Waals surface area contributed by atoms with Crippen molar-refractivity contribution in [2.45, 2.75) is 45.6 Å². The third-order valence-electron chi connectivity index (χ3n) is 3.54. The zero-order chi connectivity index (χ0) is 13.0. The fraction of sp³-hybridized carbons (Fsp3) is 0.600. The van der Waals surface area contributed by atoms with Crippen molar-refractivity contribution in [2.24, 2.45) is 5.92 Å². The molecule has 0 aromatic heterocycles. The van der Waals surface area contributed by atoms with Gasteiger partial charge >= 0.3 is 0 Å². The van der Waals surface area contributed by atoms with Gasteiger partial charge in [-0.3, -0.25) is 0 Å². The van der Waals surface area contributed by atoms with E-state index < -0.39 is 0 Å². The van der Waals surface area contributed by atoms with E-state index in [2.05, 4.69) is 12.2 Å². The maximum absolute atomic E-state index is 13.7. The molecule has 18 heavy (non-hydrogen) atoms. The van der Waals surface area contributed by atoms with E-state index in [-0.39, 0.29) is 5.82 Å². The Kier molecular flexibility index (Phi) is 4.45. The molecule has 0 saturated heterocycles. The highest BCUT2D eigenvalue weighted by Gasteiger charge is 2.18. The van der Waals surface area contributed by atoms with Gasteiger partial charge < -0.3 is 10.1 Å². The Labute approximate surface area is 109 Å². The number of rotatable bonds is 4. The Morgan fingerprint density at radius 2 is 2.22 bits per heavy atom. The first-order valence-corrected chi connectivity index (χ1v) is 6.88. The molecule has 0 bridgehead atoms. The second-order valence-corrected chi connectivity index (χ2v) is 5.19. The molecule has 3 heteroatoms. The molecule has 1 saturated carbocycles. The predicted molar refractivity (Wildman–Crippen MR) is 72.6 cm³/mol. The Morgan fingerprint density at radius 1 is 1.39 bits per heavy atom. The number of ether oxygens (including phenoxy) is 1. The molecule has 1 N–H and O–H groups in total. The van der Waals surface area contributed by atoms with Crippen molar-refractivity contribution in [1.82, 2.24) is 0 Å². The summed E-state index contributed by atoms with van der Waals surface area (Å²) in [5.74, 6) is 0.814. The van der Waals surface area contributed by atoms with Crippen LogP contribution in [0.2, 0.25) is 0 Å². The average molecular weight is 251 g/mol. The zero-order valence-electron chi connectivity index (χ0n) is 11.2. The molecule has 2 atom stereocenters. The van der Waals surface area contributed by atoms with Crippen LogP contribution in [0.1, 0.15) is 39.5 Å². The summed E-state index contributed by atoms with van der Waals surface area (Å²) in [6.45, 7) is 4.63. The summed E-state index contributed by atoms with van der Waals surface area (Å²) in [7, 11) is 0. The van der Waals surface area contributed by atoms with E-state index in [0.717, 1.165) is 11.6 Å². The highest BCUT2D eigenvalue weighted by atomic mass is 19.1. The molecular weight excluding hydrogens is 229 g/mol. The second kappa shape index (κ2) is 6.07. The maximum Gasteiger partial charge on any atom is 0.167 e. The van der Waals surface area contributed by atoms with Gasteiger partial charge in [0.1, 0.15) is 0 Å². The van der Waals surface area contributed by atoms with Crippen molar-refractivity contribution in [2.75, 3.05) is 11.9 Å². The van der Waals surface area contributed by atoms with E-state index in [1.54, 1.807) is 6.07 Å². The van der Waals surface area contributed by atoms with E-state index in [9.17, 15) is 4.39 Å². The monoisotopic (exact) mass is 251 g/mol. The molecule has 1 fully saturated rings. The minimum atomic E-state index is -0.286. The highest BCUT2D eigenvalue weighted by molar-refractivity contribution is 5.48. The molecule has 1 aliphatic rings. The van der Waals surface area contributed by atoms with Crippen LogP contribution in [0.5, 0.6) is 5.75 Å². The van der Waals surface area contributed by atoms with Crippen LogP contribution in [-0.4, -0.2) is 12.6 Å². The highest BCUT2D eigenvalue weighted by Crippen LogP contribution is 2.27. The van der Waals surface area contributed by atoms with Gasteiger partial charge in [0.15, 0.2) is 11.6 Å². The smallest absolute Gasteiger partial charge is 0.167 e. The van der Waals surface area contributed by atoms with Gasteiger partial charge in [0.05, 0.1) is 6.61 Å². The van der Waals surface area contributed by atoms with Gasteiger partial charge in [-0.2, -0.15) is 0 Å². The molecule has 100 valence electrons. The fourth-order valence-electron chi connectivity index (χ4n) is 2.66. The quantitative estimate of drug-likeness (QED) is 0.865.